The van der Waals surface area contributed by atoms with Crippen molar-refractivity contribution in [3.8, 4) is 0 Å². The largest absolute Gasteiger partial charge is 0.370 e. The molecule has 0 aliphatic carbocycles. The number of aliphatic imine (C=N–C) groups is 1. The molecule has 1 atom stereocenters. The number of thiophene rings is 1. The van der Waals surface area contributed by atoms with Crippen molar-refractivity contribution in [3.63, 3.8) is 0 Å². The van der Waals surface area contributed by atoms with E-state index in [2.05, 4.69) is 42.1 Å². The molecule has 4 heteroatoms. The highest BCUT2D eigenvalue weighted by Gasteiger charge is 2.25. The monoisotopic (exact) mass is 237 g/mol. The van der Waals surface area contributed by atoms with Crippen molar-refractivity contribution in [2.24, 2.45) is 10.7 Å². The predicted molar refractivity (Wildman–Crippen MR) is 69.9 cm³/mol. The molecule has 0 aromatic carbocycles. The third kappa shape index (κ3) is 2.07. The van der Waals surface area contributed by atoms with Crippen molar-refractivity contribution in [2.45, 2.75) is 39.3 Å². The predicted octanol–water partition coefficient (Wildman–Crippen LogP) is 2.39. The molecule has 16 heavy (non-hydrogen) atoms. The van der Waals surface area contributed by atoms with Gasteiger partial charge in [-0.15, -0.1) is 11.3 Å². The lowest BCUT2D eigenvalue weighted by atomic mass is 10.0. The van der Waals surface area contributed by atoms with Crippen LogP contribution in [0.25, 0.3) is 0 Å². The highest BCUT2D eigenvalue weighted by Crippen LogP contribution is 2.32. The molecular formula is C12H19N3S. The minimum Gasteiger partial charge on any atom is -0.370 e. The van der Waals surface area contributed by atoms with Crippen LogP contribution in [-0.4, -0.2) is 23.4 Å². The van der Waals surface area contributed by atoms with Gasteiger partial charge in [-0.2, -0.15) is 0 Å². The molecule has 0 radical (unpaired) electrons. The smallest absolute Gasteiger partial charge is 0.192 e. The molecular weight excluding hydrogens is 218 g/mol. The summed E-state index contributed by atoms with van der Waals surface area (Å²) in [5.41, 5.74) is 7.46. The molecule has 0 saturated carbocycles. The van der Waals surface area contributed by atoms with E-state index < -0.39 is 0 Å². The van der Waals surface area contributed by atoms with Gasteiger partial charge in [0.2, 0.25) is 0 Å². The van der Waals surface area contributed by atoms with Crippen molar-refractivity contribution in [2.75, 3.05) is 6.54 Å². The molecule has 0 amide bonds. The van der Waals surface area contributed by atoms with Crippen LogP contribution in [0.15, 0.2) is 16.4 Å². The van der Waals surface area contributed by atoms with Gasteiger partial charge in [0.25, 0.3) is 0 Å². The minimum absolute atomic E-state index is 0.260. The lowest BCUT2D eigenvalue weighted by Crippen LogP contribution is -2.43. The van der Waals surface area contributed by atoms with Crippen LogP contribution >= 0.6 is 11.3 Å². The Morgan fingerprint density at radius 3 is 3.06 bits per heavy atom. The Morgan fingerprint density at radius 2 is 2.38 bits per heavy atom. The average molecular weight is 237 g/mol. The first-order chi connectivity index (χ1) is 7.59. The van der Waals surface area contributed by atoms with Crippen LogP contribution in [-0.2, 0) is 6.42 Å². The van der Waals surface area contributed by atoms with E-state index in [1.54, 1.807) is 0 Å². The molecule has 2 rings (SSSR count). The summed E-state index contributed by atoms with van der Waals surface area (Å²) in [5, 5.41) is 2.17. The second-order valence-electron chi connectivity index (χ2n) is 4.50. The van der Waals surface area contributed by atoms with Gasteiger partial charge in [-0.05, 0) is 44.2 Å². The van der Waals surface area contributed by atoms with Crippen LogP contribution in [0.3, 0.4) is 0 Å². The zero-order valence-corrected chi connectivity index (χ0v) is 10.9. The van der Waals surface area contributed by atoms with Gasteiger partial charge in [-0.3, -0.25) is 4.99 Å². The Labute approximate surface area is 101 Å². The van der Waals surface area contributed by atoms with E-state index in [9.17, 15) is 0 Å². The van der Waals surface area contributed by atoms with E-state index in [1.165, 1.54) is 10.4 Å². The topological polar surface area (TPSA) is 41.6 Å². The molecule has 1 aromatic rings. The molecule has 88 valence electrons. The van der Waals surface area contributed by atoms with Gasteiger partial charge in [0.1, 0.15) is 0 Å². The van der Waals surface area contributed by atoms with Crippen molar-refractivity contribution in [1.82, 2.24) is 4.90 Å². The quantitative estimate of drug-likeness (QED) is 0.602. The summed E-state index contributed by atoms with van der Waals surface area (Å²) < 4.78 is 0. The first-order valence-electron chi connectivity index (χ1n) is 5.75. The Kier molecular flexibility index (Phi) is 3.19. The molecule has 0 bridgehead atoms. The second-order valence-corrected chi connectivity index (χ2v) is 5.50. The highest BCUT2D eigenvalue weighted by atomic mass is 32.1. The minimum atomic E-state index is 0.260. The summed E-state index contributed by atoms with van der Waals surface area (Å²) in [6.45, 7) is 7.29. The molecule has 0 saturated heterocycles. The first kappa shape index (κ1) is 11.5. The van der Waals surface area contributed by atoms with E-state index in [-0.39, 0.29) is 6.04 Å². The fraction of sp³-hybridized carbons (Fsp3) is 0.583. The summed E-state index contributed by atoms with van der Waals surface area (Å²) >= 11 is 1.85. The van der Waals surface area contributed by atoms with Crippen LogP contribution < -0.4 is 5.73 Å². The third-order valence-electron chi connectivity index (χ3n) is 2.96. The fourth-order valence-corrected chi connectivity index (χ4v) is 3.12. The Morgan fingerprint density at radius 1 is 1.62 bits per heavy atom. The Hall–Kier alpha value is -1.03. The van der Waals surface area contributed by atoms with Crippen molar-refractivity contribution in [1.29, 1.82) is 0 Å². The number of guanidine groups is 1. The van der Waals surface area contributed by atoms with Crippen LogP contribution in [0.4, 0.5) is 0 Å². The van der Waals surface area contributed by atoms with E-state index in [0.29, 0.717) is 12.0 Å². The maximum absolute atomic E-state index is 6.04. The van der Waals surface area contributed by atoms with E-state index in [0.717, 1.165) is 13.0 Å². The van der Waals surface area contributed by atoms with Gasteiger partial charge in [0, 0.05) is 17.5 Å². The summed E-state index contributed by atoms with van der Waals surface area (Å²) in [6.07, 6.45) is 1.09. The normalized spacial score (nSPS) is 21.4. The summed E-state index contributed by atoms with van der Waals surface area (Å²) in [7, 11) is 0. The van der Waals surface area contributed by atoms with Gasteiger partial charge in [-0.25, -0.2) is 0 Å². The van der Waals surface area contributed by atoms with Gasteiger partial charge < -0.3 is 10.6 Å². The zero-order valence-electron chi connectivity index (χ0n) is 10.1. The lowest BCUT2D eigenvalue weighted by Gasteiger charge is -2.34. The number of hydrogen-bond donors (Lipinski definition) is 1. The Balaban J connectivity index is 2.21. The van der Waals surface area contributed by atoms with Crippen molar-refractivity contribution in [3.05, 3.63) is 21.9 Å². The van der Waals surface area contributed by atoms with Gasteiger partial charge in [-0.1, -0.05) is 0 Å². The van der Waals surface area contributed by atoms with Crippen LogP contribution in [0, 0.1) is 0 Å². The summed E-state index contributed by atoms with van der Waals surface area (Å²) in [4.78, 5) is 8.14. The highest BCUT2D eigenvalue weighted by molar-refractivity contribution is 7.10. The maximum Gasteiger partial charge on any atom is 0.192 e. The number of rotatable bonds is 1. The van der Waals surface area contributed by atoms with Crippen LogP contribution in [0.5, 0.6) is 0 Å². The molecule has 1 aliphatic rings. The number of nitrogens with two attached hydrogens (primary N) is 1. The average Bonchev–Trinajstić information content (AvgIpc) is 2.65. The molecule has 1 aromatic heterocycles. The molecule has 2 N–H and O–H groups in total. The zero-order chi connectivity index (χ0) is 11.7. The lowest BCUT2D eigenvalue weighted by molar-refractivity contribution is 0.316. The van der Waals surface area contributed by atoms with Gasteiger partial charge in [0.15, 0.2) is 5.96 Å². The molecule has 1 unspecified atom stereocenters. The standard InChI is InChI=1S/C12H19N3S/c1-8(2)14-12(13)15-6-4-11-10(9(15)3)5-7-16-11/h5,7-9H,4,6H2,1-3H3,(H2,13,14). The third-order valence-corrected chi connectivity index (χ3v) is 3.96. The molecule has 0 fully saturated rings. The second kappa shape index (κ2) is 4.45. The number of fused-ring (bicyclic) bond motifs is 1. The van der Waals surface area contributed by atoms with Gasteiger partial charge in [0.05, 0.1) is 6.04 Å². The number of nitrogens with zero attached hydrogens (tertiary/aromatic N) is 2. The van der Waals surface area contributed by atoms with E-state index >= 15 is 0 Å². The van der Waals surface area contributed by atoms with Crippen molar-refractivity contribution >= 4 is 17.3 Å². The fourth-order valence-electron chi connectivity index (χ4n) is 2.16. The maximum atomic E-state index is 6.04. The van der Waals surface area contributed by atoms with Crippen LogP contribution in [0.2, 0.25) is 0 Å². The van der Waals surface area contributed by atoms with E-state index in [1.807, 2.05) is 11.3 Å². The van der Waals surface area contributed by atoms with E-state index in [4.69, 9.17) is 5.73 Å². The van der Waals surface area contributed by atoms with Gasteiger partial charge >= 0.3 is 0 Å². The summed E-state index contributed by atoms with van der Waals surface area (Å²) in [6, 6.07) is 2.83. The van der Waals surface area contributed by atoms with Crippen molar-refractivity contribution < 1.29 is 0 Å². The SMILES string of the molecule is CC(C)N=C(N)N1CCc2sccc2C1C. The first-order valence-corrected chi connectivity index (χ1v) is 6.63. The number of hydrogen-bond acceptors (Lipinski definition) is 2. The summed E-state index contributed by atoms with van der Waals surface area (Å²) in [5.74, 6) is 0.680. The Bertz CT molecular complexity index is 395. The molecule has 0 spiro atoms. The molecule has 2 heterocycles. The molecule has 1 aliphatic heterocycles. The van der Waals surface area contributed by atoms with Crippen LogP contribution in [0.1, 0.15) is 37.3 Å². The molecule has 3 nitrogen and oxygen atoms in total.